The van der Waals surface area contributed by atoms with Crippen LogP contribution in [0.2, 0.25) is 0 Å². The third kappa shape index (κ3) is 1.48. The molecule has 1 aromatic heterocycles. The maximum Gasteiger partial charge on any atom is 0.128 e. The van der Waals surface area contributed by atoms with Gasteiger partial charge < -0.3 is 15.5 Å². The van der Waals surface area contributed by atoms with E-state index in [-0.39, 0.29) is 6.04 Å². The highest BCUT2D eigenvalue weighted by Gasteiger charge is 2.16. The first-order valence-corrected chi connectivity index (χ1v) is 5.47. The van der Waals surface area contributed by atoms with Crippen molar-refractivity contribution >= 4 is 10.9 Å². The first kappa shape index (κ1) is 11.0. The number of ether oxygens (including phenoxy) is 1. The van der Waals surface area contributed by atoms with E-state index in [2.05, 4.69) is 24.9 Å². The Labute approximate surface area is 95.6 Å². The summed E-state index contributed by atoms with van der Waals surface area (Å²) in [6.45, 7) is 6.14. The molecule has 1 unspecified atom stereocenters. The highest BCUT2D eigenvalue weighted by atomic mass is 16.5. The smallest absolute Gasteiger partial charge is 0.128 e. The lowest BCUT2D eigenvalue weighted by Crippen LogP contribution is -2.06. The van der Waals surface area contributed by atoms with E-state index in [1.165, 1.54) is 5.56 Å². The van der Waals surface area contributed by atoms with Gasteiger partial charge in [-0.15, -0.1) is 0 Å². The standard InChI is InChI=1S/C13H18N2O/c1-7-5-6-10(16-4)12-11(8(2)14)9(3)15-13(7)12/h5-6,8,15H,14H2,1-4H3. The molecule has 3 nitrogen and oxygen atoms in total. The number of benzene rings is 1. The predicted molar refractivity (Wildman–Crippen MR) is 66.9 cm³/mol. The van der Waals surface area contributed by atoms with Gasteiger partial charge in [0.2, 0.25) is 0 Å². The summed E-state index contributed by atoms with van der Waals surface area (Å²) in [6, 6.07) is 4.06. The molecule has 0 aliphatic heterocycles. The van der Waals surface area contributed by atoms with Crippen molar-refractivity contribution in [3.05, 3.63) is 29.0 Å². The number of aryl methyl sites for hydroxylation is 2. The minimum atomic E-state index is 0.00412. The molecule has 86 valence electrons. The zero-order chi connectivity index (χ0) is 11.9. The van der Waals surface area contributed by atoms with Crippen LogP contribution < -0.4 is 10.5 Å². The molecule has 0 radical (unpaired) electrons. The van der Waals surface area contributed by atoms with E-state index in [0.717, 1.165) is 27.9 Å². The monoisotopic (exact) mass is 218 g/mol. The number of nitrogens with two attached hydrogens (primary N) is 1. The minimum absolute atomic E-state index is 0.00412. The van der Waals surface area contributed by atoms with Gasteiger partial charge >= 0.3 is 0 Å². The molecule has 0 aliphatic carbocycles. The molecule has 3 N–H and O–H groups in total. The largest absolute Gasteiger partial charge is 0.496 e. The maximum absolute atomic E-state index is 6.02. The second-order valence-electron chi connectivity index (χ2n) is 4.29. The summed E-state index contributed by atoms with van der Waals surface area (Å²) < 4.78 is 5.41. The van der Waals surface area contributed by atoms with Crippen molar-refractivity contribution in [3.63, 3.8) is 0 Å². The van der Waals surface area contributed by atoms with Gasteiger partial charge in [-0.05, 0) is 32.4 Å². The summed E-state index contributed by atoms with van der Waals surface area (Å²) in [5.41, 5.74) is 10.6. The molecule has 0 bridgehead atoms. The molecular formula is C13H18N2O. The van der Waals surface area contributed by atoms with Crippen LogP contribution in [0, 0.1) is 13.8 Å². The number of hydrogen-bond acceptors (Lipinski definition) is 2. The Hall–Kier alpha value is -1.48. The maximum atomic E-state index is 6.02. The van der Waals surface area contributed by atoms with E-state index in [1.54, 1.807) is 7.11 Å². The third-order valence-corrected chi connectivity index (χ3v) is 3.04. The molecule has 3 heteroatoms. The molecule has 16 heavy (non-hydrogen) atoms. The number of methoxy groups -OCH3 is 1. The quantitative estimate of drug-likeness (QED) is 0.814. The van der Waals surface area contributed by atoms with E-state index < -0.39 is 0 Å². The van der Waals surface area contributed by atoms with Gasteiger partial charge in [-0.3, -0.25) is 0 Å². The van der Waals surface area contributed by atoms with Gasteiger partial charge in [0, 0.05) is 22.7 Å². The second-order valence-corrected chi connectivity index (χ2v) is 4.29. The van der Waals surface area contributed by atoms with Gasteiger partial charge in [-0.2, -0.15) is 0 Å². The summed E-state index contributed by atoms with van der Waals surface area (Å²) in [4.78, 5) is 3.39. The first-order chi connectivity index (χ1) is 7.56. The van der Waals surface area contributed by atoms with Crippen molar-refractivity contribution in [2.75, 3.05) is 7.11 Å². The van der Waals surface area contributed by atoms with Crippen LogP contribution in [-0.4, -0.2) is 12.1 Å². The van der Waals surface area contributed by atoms with Crippen LogP contribution in [0.1, 0.15) is 29.8 Å². The van der Waals surface area contributed by atoms with Gasteiger partial charge in [0.05, 0.1) is 12.6 Å². The summed E-state index contributed by atoms with van der Waals surface area (Å²) in [6.07, 6.45) is 0. The van der Waals surface area contributed by atoms with Crippen molar-refractivity contribution < 1.29 is 4.74 Å². The number of aromatic amines is 1. The van der Waals surface area contributed by atoms with E-state index in [1.807, 2.05) is 13.0 Å². The lowest BCUT2D eigenvalue weighted by Gasteiger charge is -2.09. The molecule has 0 amide bonds. The fourth-order valence-corrected chi connectivity index (χ4v) is 2.30. The Bertz CT molecular complexity index is 526. The number of rotatable bonds is 2. The highest BCUT2D eigenvalue weighted by molar-refractivity contribution is 5.93. The van der Waals surface area contributed by atoms with Gasteiger partial charge in [0.25, 0.3) is 0 Å². The number of fused-ring (bicyclic) bond motifs is 1. The molecule has 1 aromatic carbocycles. The van der Waals surface area contributed by atoms with Crippen LogP contribution in [-0.2, 0) is 0 Å². The van der Waals surface area contributed by atoms with Crippen LogP contribution in [0.15, 0.2) is 12.1 Å². The summed E-state index contributed by atoms with van der Waals surface area (Å²) in [5, 5.41) is 1.12. The number of nitrogens with one attached hydrogen (secondary N) is 1. The topological polar surface area (TPSA) is 51.0 Å². The van der Waals surface area contributed by atoms with Crippen molar-refractivity contribution in [1.82, 2.24) is 4.98 Å². The Morgan fingerprint density at radius 3 is 2.56 bits per heavy atom. The van der Waals surface area contributed by atoms with Crippen LogP contribution in [0.25, 0.3) is 10.9 Å². The van der Waals surface area contributed by atoms with E-state index in [0.29, 0.717) is 0 Å². The normalized spacial score (nSPS) is 13.1. The Kier molecular flexibility index (Phi) is 2.64. The second kappa shape index (κ2) is 3.83. The lowest BCUT2D eigenvalue weighted by atomic mass is 10.0. The Morgan fingerprint density at radius 1 is 1.31 bits per heavy atom. The third-order valence-electron chi connectivity index (χ3n) is 3.04. The van der Waals surface area contributed by atoms with E-state index >= 15 is 0 Å². The molecule has 0 fully saturated rings. The zero-order valence-corrected chi connectivity index (χ0v) is 10.2. The summed E-state index contributed by atoms with van der Waals surface area (Å²) >= 11 is 0. The fourth-order valence-electron chi connectivity index (χ4n) is 2.30. The van der Waals surface area contributed by atoms with Gasteiger partial charge in [-0.25, -0.2) is 0 Å². The van der Waals surface area contributed by atoms with Gasteiger partial charge in [0.15, 0.2) is 0 Å². The van der Waals surface area contributed by atoms with Crippen molar-refractivity contribution in [2.24, 2.45) is 5.73 Å². The number of hydrogen-bond donors (Lipinski definition) is 2. The molecule has 0 spiro atoms. The first-order valence-electron chi connectivity index (χ1n) is 5.47. The fraction of sp³-hybridized carbons (Fsp3) is 0.385. The van der Waals surface area contributed by atoms with Crippen LogP contribution in [0.4, 0.5) is 0 Å². The average molecular weight is 218 g/mol. The Balaban J connectivity index is 2.89. The van der Waals surface area contributed by atoms with Crippen LogP contribution in [0.3, 0.4) is 0 Å². The van der Waals surface area contributed by atoms with Crippen LogP contribution in [0.5, 0.6) is 5.75 Å². The zero-order valence-electron chi connectivity index (χ0n) is 10.2. The summed E-state index contributed by atoms with van der Waals surface area (Å²) in [7, 11) is 1.69. The van der Waals surface area contributed by atoms with Crippen molar-refractivity contribution in [2.45, 2.75) is 26.8 Å². The molecule has 2 rings (SSSR count). The molecule has 0 saturated carbocycles. The molecule has 2 aromatic rings. The molecule has 0 saturated heterocycles. The minimum Gasteiger partial charge on any atom is -0.496 e. The molecule has 1 atom stereocenters. The van der Waals surface area contributed by atoms with Crippen LogP contribution >= 0.6 is 0 Å². The molecule has 0 aliphatic rings. The van der Waals surface area contributed by atoms with Gasteiger partial charge in [-0.1, -0.05) is 6.07 Å². The molecular weight excluding hydrogens is 200 g/mol. The Morgan fingerprint density at radius 2 is 2.00 bits per heavy atom. The number of H-pyrrole nitrogens is 1. The lowest BCUT2D eigenvalue weighted by molar-refractivity contribution is 0.419. The average Bonchev–Trinajstić information content (AvgIpc) is 2.57. The number of aromatic nitrogens is 1. The van der Waals surface area contributed by atoms with Crippen molar-refractivity contribution in [1.29, 1.82) is 0 Å². The highest BCUT2D eigenvalue weighted by Crippen LogP contribution is 2.35. The molecule has 1 heterocycles. The van der Waals surface area contributed by atoms with Gasteiger partial charge in [0.1, 0.15) is 5.75 Å². The van der Waals surface area contributed by atoms with E-state index in [9.17, 15) is 0 Å². The van der Waals surface area contributed by atoms with Crippen molar-refractivity contribution in [3.8, 4) is 5.75 Å². The summed E-state index contributed by atoms with van der Waals surface area (Å²) in [5.74, 6) is 0.886. The predicted octanol–water partition coefficient (Wildman–Crippen LogP) is 2.81. The van der Waals surface area contributed by atoms with E-state index in [4.69, 9.17) is 10.5 Å². The SMILES string of the molecule is COc1ccc(C)c2[nH]c(C)c(C(C)N)c12.